The van der Waals surface area contributed by atoms with Crippen LogP contribution in [0.4, 0.5) is 5.82 Å². The maximum atomic E-state index is 12.6. The van der Waals surface area contributed by atoms with Gasteiger partial charge in [-0.15, -0.1) is 0 Å². The molecule has 0 spiro atoms. The van der Waals surface area contributed by atoms with Gasteiger partial charge in [-0.3, -0.25) is 4.79 Å². The summed E-state index contributed by atoms with van der Waals surface area (Å²) in [5.41, 5.74) is 5.89. The summed E-state index contributed by atoms with van der Waals surface area (Å²) in [4.78, 5) is 24.4. The Morgan fingerprint density at radius 3 is 2.68 bits per heavy atom. The second-order valence-electron chi connectivity index (χ2n) is 9.48. The Morgan fingerprint density at radius 2 is 1.91 bits per heavy atom. The number of anilines is 1. The van der Waals surface area contributed by atoms with Crippen LogP contribution in [0.25, 0.3) is 16.6 Å². The number of hydrogen-bond acceptors (Lipinski definition) is 5. The quantitative estimate of drug-likeness (QED) is 0.466. The molecule has 1 saturated heterocycles. The van der Waals surface area contributed by atoms with Crippen LogP contribution in [0.3, 0.4) is 0 Å². The molecule has 1 amide bonds. The molecule has 0 aliphatic carbocycles. The fourth-order valence-corrected chi connectivity index (χ4v) is 4.81. The van der Waals surface area contributed by atoms with Gasteiger partial charge < -0.3 is 10.2 Å². The molecule has 5 rings (SSSR count). The van der Waals surface area contributed by atoms with E-state index in [0.29, 0.717) is 19.4 Å². The van der Waals surface area contributed by atoms with E-state index in [4.69, 9.17) is 10.1 Å². The Hall–Kier alpha value is -3.48. The molecule has 1 aromatic carbocycles. The lowest BCUT2D eigenvalue weighted by atomic mass is 9.99. The predicted molar refractivity (Wildman–Crippen MR) is 135 cm³/mol. The monoisotopic (exact) mass is 456 g/mol. The number of nitrogens with one attached hydrogen (secondary N) is 1. The first-order valence-corrected chi connectivity index (χ1v) is 12.2. The van der Waals surface area contributed by atoms with Crippen molar-refractivity contribution in [3.05, 3.63) is 65.1 Å². The topological polar surface area (TPSA) is 75.4 Å². The number of carbonyl (C=O) groups is 1. The van der Waals surface area contributed by atoms with E-state index in [-0.39, 0.29) is 5.91 Å². The third kappa shape index (κ3) is 4.47. The van der Waals surface area contributed by atoms with Gasteiger partial charge in [0.15, 0.2) is 5.65 Å². The van der Waals surface area contributed by atoms with Crippen molar-refractivity contribution < 1.29 is 4.79 Å². The number of fused-ring (bicyclic) bond motifs is 3. The van der Waals surface area contributed by atoms with Gasteiger partial charge in [0, 0.05) is 49.0 Å². The zero-order chi connectivity index (χ0) is 23.7. The number of aromatic nitrogens is 4. The summed E-state index contributed by atoms with van der Waals surface area (Å²) in [7, 11) is 0. The molecule has 7 heteroatoms. The fourth-order valence-electron chi connectivity index (χ4n) is 4.81. The highest BCUT2D eigenvalue weighted by molar-refractivity contribution is 5.92. The van der Waals surface area contributed by atoms with Gasteiger partial charge in [0.25, 0.3) is 0 Å². The van der Waals surface area contributed by atoms with Gasteiger partial charge in [-0.1, -0.05) is 25.1 Å². The lowest BCUT2D eigenvalue weighted by molar-refractivity contribution is -0.121. The van der Waals surface area contributed by atoms with Gasteiger partial charge in [-0.2, -0.15) is 5.10 Å². The van der Waals surface area contributed by atoms with Crippen molar-refractivity contribution in [3.63, 3.8) is 0 Å². The summed E-state index contributed by atoms with van der Waals surface area (Å²) in [6.07, 6.45) is 5.36. The first kappa shape index (κ1) is 22.3. The SMILES string of the molecule is Cc1nc2c3ccccc3nn2c(C)c1CCC(=O)NCc1ccc(N2CCC(C)CC2)nc1. The van der Waals surface area contributed by atoms with Crippen LogP contribution in [-0.2, 0) is 17.8 Å². The van der Waals surface area contributed by atoms with Crippen molar-refractivity contribution in [2.24, 2.45) is 5.92 Å². The summed E-state index contributed by atoms with van der Waals surface area (Å²) in [6.45, 7) is 9.00. The van der Waals surface area contributed by atoms with Crippen molar-refractivity contribution in [1.82, 2.24) is 24.9 Å². The number of carbonyl (C=O) groups excluding carboxylic acids is 1. The molecule has 1 aliphatic heterocycles. The molecule has 0 bridgehead atoms. The number of amides is 1. The highest BCUT2D eigenvalue weighted by Crippen LogP contribution is 2.23. The largest absolute Gasteiger partial charge is 0.357 e. The summed E-state index contributed by atoms with van der Waals surface area (Å²) < 4.78 is 1.90. The smallest absolute Gasteiger partial charge is 0.220 e. The predicted octanol–water partition coefficient (Wildman–Crippen LogP) is 4.38. The van der Waals surface area contributed by atoms with Crippen molar-refractivity contribution in [2.45, 2.75) is 53.0 Å². The molecule has 0 atom stereocenters. The summed E-state index contributed by atoms with van der Waals surface area (Å²) >= 11 is 0. The molecule has 0 unspecified atom stereocenters. The number of nitrogens with zero attached hydrogens (tertiary/aromatic N) is 5. The number of hydrogen-bond donors (Lipinski definition) is 1. The van der Waals surface area contributed by atoms with E-state index in [9.17, 15) is 4.79 Å². The zero-order valence-electron chi connectivity index (χ0n) is 20.2. The van der Waals surface area contributed by atoms with Crippen molar-refractivity contribution in [3.8, 4) is 0 Å². The maximum absolute atomic E-state index is 12.6. The normalized spacial score (nSPS) is 14.7. The first-order valence-electron chi connectivity index (χ1n) is 12.2. The molecule has 34 heavy (non-hydrogen) atoms. The van der Waals surface area contributed by atoms with E-state index >= 15 is 0 Å². The standard InChI is InChI=1S/C27H32N6O/c1-18-12-14-32(15-13-18)25-10-8-21(16-28-25)17-29-26(34)11-9-22-19(2)30-27-23-6-4-5-7-24(23)31-33(27)20(22)3/h4-8,10,16,18H,9,11-15,17H2,1-3H3,(H,29,34). The second-order valence-corrected chi connectivity index (χ2v) is 9.48. The van der Waals surface area contributed by atoms with E-state index in [1.54, 1.807) is 0 Å². The number of aryl methyl sites for hydroxylation is 2. The van der Waals surface area contributed by atoms with Crippen molar-refractivity contribution >= 4 is 28.3 Å². The van der Waals surface area contributed by atoms with Crippen LogP contribution < -0.4 is 10.2 Å². The van der Waals surface area contributed by atoms with Gasteiger partial charge >= 0.3 is 0 Å². The fraction of sp³-hybridized carbons (Fsp3) is 0.407. The summed E-state index contributed by atoms with van der Waals surface area (Å²) in [5.74, 6) is 1.86. The summed E-state index contributed by atoms with van der Waals surface area (Å²) in [6, 6.07) is 12.2. The van der Waals surface area contributed by atoms with E-state index in [2.05, 4.69) is 41.2 Å². The van der Waals surface area contributed by atoms with E-state index in [0.717, 1.165) is 63.9 Å². The van der Waals surface area contributed by atoms with Crippen LogP contribution in [0.2, 0.25) is 0 Å². The molecular weight excluding hydrogens is 424 g/mol. The van der Waals surface area contributed by atoms with Crippen LogP contribution in [0, 0.1) is 19.8 Å². The molecular formula is C27H32N6O. The van der Waals surface area contributed by atoms with Gasteiger partial charge in [0.2, 0.25) is 5.91 Å². The number of piperidine rings is 1. The second kappa shape index (κ2) is 9.41. The van der Waals surface area contributed by atoms with Crippen LogP contribution in [0.5, 0.6) is 0 Å². The lowest BCUT2D eigenvalue weighted by Crippen LogP contribution is -2.33. The van der Waals surface area contributed by atoms with Crippen LogP contribution in [0.1, 0.15) is 48.7 Å². The van der Waals surface area contributed by atoms with Crippen molar-refractivity contribution in [1.29, 1.82) is 0 Å². The van der Waals surface area contributed by atoms with Gasteiger partial charge in [-0.05, 0) is 68.4 Å². The van der Waals surface area contributed by atoms with Gasteiger partial charge in [0.1, 0.15) is 5.82 Å². The van der Waals surface area contributed by atoms with Crippen LogP contribution in [-0.4, -0.2) is 38.6 Å². The van der Waals surface area contributed by atoms with E-state index in [1.807, 2.05) is 41.9 Å². The minimum atomic E-state index is 0.0265. The molecule has 4 aromatic rings. The third-order valence-electron chi connectivity index (χ3n) is 7.03. The maximum Gasteiger partial charge on any atom is 0.220 e. The molecule has 176 valence electrons. The Balaban J connectivity index is 1.19. The molecule has 0 radical (unpaired) electrons. The average Bonchev–Trinajstić information content (AvgIpc) is 3.22. The minimum absolute atomic E-state index is 0.0265. The zero-order valence-corrected chi connectivity index (χ0v) is 20.2. The molecule has 1 aliphatic rings. The lowest BCUT2D eigenvalue weighted by Gasteiger charge is -2.31. The summed E-state index contributed by atoms with van der Waals surface area (Å²) in [5, 5.41) is 8.79. The Labute approximate surface area is 200 Å². The Kier molecular flexibility index (Phi) is 6.18. The Bertz CT molecular complexity index is 1320. The van der Waals surface area contributed by atoms with E-state index < -0.39 is 0 Å². The number of rotatable bonds is 6. The molecule has 7 nitrogen and oxygen atoms in total. The van der Waals surface area contributed by atoms with Crippen molar-refractivity contribution in [2.75, 3.05) is 18.0 Å². The van der Waals surface area contributed by atoms with Crippen LogP contribution >= 0.6 is 0 Å². The molecule has 3 aromatic heterocycles. The Morgan fingerprint density at radius 1 is 1.12 bits per heavy atom. The molecule has 1 N–H and O–H groups in total. The molecule has 4 heterocycles. The number of benzene rings is 1. The van der Waals surface area contributed by atoms with Gasteiger partial charge in [-0.25, -0.2) is 14.5 Å². The van der Waals surface area contributed by atoms with E-state index in [1.165, 1.54) is 12.8 Å². The van der Waals surface area contributed by atoms with Crippen LogP contribution in [0.15, 0.2) is 42.6 Å². The first-order chi connectivity index (χ1) is 16.5. The number of pyridine rings is 1. The highest BCUT2D eigenvalue weighted by Gasteiger charge is 2.17. The molecule has 1 fully saturated rings. The third-order valence-corrected chi connectivity index (χ3v) is 7.03. The minimum Gasteiger partial charge on any atom is -0.357 e. The highest BCUT2D eigenvalue weighted by atomic mass is 16.1. The van der Waals surface area contributed by atoms with Gasteiger partial charge in [0.05, 0.1) is 5.52 Å². The molecule has 0 saturated carbocycles. The average molecular weight is 457 g/mol.